The molecule has 3 aromatic carbocycles. The van der Waals surface area contributed by atoms with Crippen LogP contribution in [0.5, 0.6) is 11.5 Å². The van der Waals surface area contributed by atoms with E-state index < -0.39 is 0 Å². The maximum atomic E-state index is 13.8. The first-order valence-corrected chi connectivity index (χ1v) is 9.84. The molecule has 0 aliphatic heterocycles. The van der Waals surface area contributed by atoms with Gasteiger partial charge in [0.2, 0.25) is 5.91 Å². The van der Waals surface area contributed by atoms with Gasteiger partial charge in [0.05, 0.1) is 19.2 Å². The topological polar surface area (TPSA) is 85.9 Å². The van der Waals surface area contributed by atoms with E-state index in [2.05, 4.69) is 10.5 Å². The lowest BCUT2D eigenvalue weighted by molar-refractivity contribution is -0.120. The number of ether oxygens (including phenoxy) is 2. The number of rotatable bonds is 9. The van der Waals surface area contributed by atoms with E-state index in [4.69, 9.17) is 15.2 Å². The summed E-state index contributed by atoms with van der Waals surface area (Å²) in [5.74, 6) is 0.445. The van der Waals surface area contributed by atoms with Gasteiger partial charge in [-0.15, -0.1) is 0 Å². The Hall–Kier alpha value is -3.87. The Morgan fingerprint density at radius 1 is 1.06 bits per heavy atom. The minimum atomic E-state index is -0.320. The molecule has 0 fully saturated rings. The first kappa shape index (κ1) is 21.8. The largest absolute Gasteiger partial charge is 0.490 e. The van der Waals surface area contributed by atoms with E-state index in [1.807, 2.05) is 6.92 Å². The van der Waals surface area contributed by atoms with Crippen LogP contribution in [0.1, 0.15) is 23.6 Å². The van der Waals surface area contributed by atoms with Gasteiger partial charge in [-0.25, -0.2) is 9.82 Å². The molecular formula is C24H24FN3O3. The maximum absolute atomic E-state index is 13.8. The van der Waals surface area contributed by atoms with Crippen LogP contribution in [-0.4, -0.2) is 18.7 Å². The number of hydrogen-bond acceptors (Lipinski definition) is 5. The summed E-state index contributed by atoms with van der Waals surface area (Å²) in [5.41, 5.74) is 10.8. The number of carbonyl (C=O) groups excluding carboxylic acids is 1. The first-order chi connectivity index (χ1) is 15.0. The Kier molecular flexibility index (Phi) is 7.59. The highest BCUT2D eigenvalue weighted by atomic mass is 19.1. The quantitative estimate of drug-likeness (QED) is 0.310. The van der Waals surface area contributed by atoms with Crippen molar-refractivity contribution in [1.29, 1.82) is 0 Å². The molecule has 0 aliphatic carbocycles. The van der Waals surface area contributed by atoms with Gasteiger partial charge in [0.1, 0.15) is 12.4 Å². The third kappa shape index (κ3) is 6.57. The fraction of sp³-hybridized carbons (Fsp3) is 0.167. The SMILES string of the molecule is CCOc1cc(/C=N\NC(=O)Cc2ccc(N)cc2)ccc1OCc1ccccc1F. The Morgan fingerprint density at radius 2 is 1.84 bits per heavy atom. The zero-order valence-electron chi connectivity index (χ0n) is 17.2. The Bertz CT molecular complexity index is 1050. The van der Waals surface area contributed by atoms with Gasteiger partial charge < -0.3 is 15.2 Å². The van der Waals surface area contributed by atoms with Gasteiger partial charge in [-0.3, -0.25) is 4.79 Å². The molecule has 3 N–H and O–H groups in total. The van der Waals surface area contributed by atoms with Crippen molar-refractivity contribution < 1.29 is 18.7 Å². The van der Waals surface area contributed by atoms with E-state index in [9.17, 15) is 9.18 Å². The molecule has 0 radical (unpaired) electrons. The summed E-state index contributed by atoms with van der Waals surface area (Å²) in [5, 5.41) is 4.00. The summed E-state index contributed by atoms with van der Waals surface area (Å²) in [6.45, 7) is 2.38. The highest BCUT2D eigenvalue weighted by molar-refractivity contribution is 5.84. The average molecular weight is 421 g/mol. The molecule has 0 unspecified atom stereocenters. The molecule has 0 aromatic heterocycles. The number of halogens is 1. The van der Waals surface area contributed by atoms with Gasteiger partial charge in [0.25, 0.3) is 0 Å². The highest BCUT2D eigenvalue weighted by Gasteiger charge is 2.08. The molecule has 160 valence electrons. The number of hydrazone groups is 1. The van der Waals surface area contributed by atoms with E-state index in [0.29, 0.717) is 29.4 Å². The Morgan fingerprint density at radius 3 is 2.58 bits per heavy atom. The number of nitrogen functional groups attached to an aromatic ring is 1. The third-order valence-electron chi connectivity index (χ3n) is 4.36. The summed E-state index contributed by atoms with van der Waals surface area (Å²) in [7, 11) is 0. The number of benzene rings is 3. The van der Waals surface area contributed by atoms with E-state index in [1.165, 1.54) is 12.3 Å². The number of nitrogens with two attached hydrogens (primary N) is 1. The molecule has 0 saturated heterocycles. The zero-order valence-corrected chi connectivity index (χ0v) is 17.2. The molecule has 6 nitrogen and oxygen atoms in total. The molecule has 0 atom stereocenters. The van der Waals surface area contributed by atoms with Crippen LogP contribution in [0.15, 0.2) is 71.8 Å². The number of nitrogens with one attached hydrogen (secondary N) is 1. The molecule has 7 heteroatoms. The number of hydrogen-bond donors (Lipinski definition) is 2. The van der Waals surface area contributed by atoms with E-state index >= 15 is 0 Å². The van der Waals surface area contributed by atoms with Gasteiger partial charge >= 0.3 is 0 Å². The fourth-order valence-corrected chi connectivity index (χ4v) is 2.80. The number of carbonyl (C=O) groups is 1. The molecule has 0 heterocycles. The van der Waals surface area contributed by atoms with Crippen LogP contribution >= 0.6 is 0 Å². The van der Waals surface area contributed by atoms with E-state index in [1.54, 1.807) is 60.7 Å². The van der Waals surface area contributed by atoms with Crippen LogP contribution in [0.2, 0.25) is 0 Å². The third-order valence-corrected chi connectivity index (χ3v) is 4.36. The van der Waals surface area contributed by atoms with Crippen molar-refractivity contribution in [2.24, 2.45) is 5.10 Å². The molecule has 3 aromatic rings. The molecule has 1 amide bonds. The zero-order chi connectivity index (χ0) is 22.1. The lowest BCUT2D eigenvalue weighted by atomic mass is 10.1. The standard InChI is InChI=1S/C24H24FN3O3/c1-2-30-23-13-18(9-12-22(23)31-16-19-5-3-4-6-21(19)25)15-27-28-24(29)14-17-7-10-20(26)11-8-17/h3-13,15H,2,14,16,26H2,1H3,(H,28,29)/b27-15-. The molecule has 0 aliphatic rings. The van der Waals surface area contributed by atoms with Crippen LogP contribution in [0.4, 0.5) is 10.1 Å². The summed E-state index contributed by atoms with van der Waals surface area (Å²) in [6.07, 6.45) is 1.72. The number of nitrogens with zero attached hydrogens (tertiary/aromatic N) is 1. The first-order valence-electron chi connectivity index (χ1n) is 9.84. The summed E-state index contributed by atoms with van der Waals surface area (Å²) in [4.78, 5) is 12.0. The van der Waals surface area contributed by atoms with Crippen LogP contribution in [0, 0.1) is 5.82 Å². The second-order valence-electron chi connectivity index (χ2n) is 6.73. The smallest absolute Gasteiger partial charge is 0.244 e. The normalized spacial score (nSPS) is 10.8. The lowest BCUT2D eigenvalue weighted by Gasteiger charge is -2.13. The predicted molar refractivity (Wildman–Crippen MR) is 119 cm³/mol. The maximum Gasteiger partial charge on any atom is 0.244 e. The van der Waals surface area contributed by atoms with Gasteiger partial charge in [0, 0.05) is 11.3 Å². The summed E-state index contributed by atoms with van der Waals surface area (Å²) >= 11 is 0. The van der Waals surface area contributed by atoms with Crippen molar-refractivity contribution >= 4 is 17.8 Å². The highest BCUT2D eigenvalue weighted by Crippen LogP contribution is 2.29. The summed E-state index contributed by atoms with van der Waals surface area (Å²) < 4.78 is 25.2. The van der Waals surface area contributed by atoms with Crippen molar-refractivity contribution in [3.63, 3.8) is 0 Å². The van der Waals surface area contributed by atoms with Gasteiger partial charge in [-0.1, -0.05) is 30.3 Å². The second-order valence-corrected chi connectivity index (χ2v) is 6.73. The van der Waals surface area contributed by atoms with E-state index in [0.717, 1.165) is 11.1 Å². The minimum Gasteiger partial charge on any atom is -0.490 e. The minimum absolute atomic E-state index is 0.0847. The van der Waals surface area contributed by atoms with Crippen molar-refractivity contribution in [3.05, 3.63) is 89.2 Å². The van der Waals surface area contributed by atoms with Crippen molar-refractivity contribution in [1.82, 2.24) is 5.43 Å². The van der Waals surface area contributed by atoms with E-state index in [-0.39, 0.29) is 24.8 Å². The Balaban J connectivity index is 1.60. The number of anilines is 1. The molecular weight excluding hydrogens is 397 g/mol. The van der Waals surface area contributed by atoms with Crippen LogP contribution < -0.4 is 20.6 Å². The monoisotopic (exact) mass is 421 g/mol. The van der Waals surface area contributed by atoms with Crippen molar-refractivity contribution in [2.75, 3.05) is 12.3 Å². The molecule has 0 bridgehead atoms. The fourth-order valence-electron chi connectivity index (χ4n) is 2.80. The van der Waals surface area contributed by atoms with Gasteiger partial charge in [-0.2, -0.15) is 5.10 Å². The van der Waals surface area contributed by atoms with Crippen LogP contribution in [0.3, 0.4) is 0 Å². The summed E-state index contributed by atoms with van der Waals surface area (Å²) in [6, 6.07) is 18.8. The predicted octanol–water partition coefficient (Wildman–Crippen LogP) is 4.08. The van der Waals surface area contributed by atoms with Gasteiger partial charge in [0.15, 0.2) is 11.5 Å². The number of amides is 1. The second kappa shape index (κ2) is 10.8. The van der Waals surface area contributed by atoms with Crippen molar-refractivity contribution in [2.45, 2.75) is 20.0 Å². The van der Waals surface area contributed by atoms with Crippen LogP contribution in [-0.2, 0) is 17.8 Å². The van der Waals surface area contributed by atoms with Crippen LogP contribution in [0.25, 0.3) is 0 Å². The molecule has 31 heavy (non-hydrogen) atoms. The Labute approximate surface area is 180 Å². The molecule has 3 rings (SSSR count). The molecule has 0 spiro atoms. The van der Waals surface area contributed by atoms with Gasteiger partial charge in [-0.05, 0) is 54.4 Å². The average Bonchev–Trinajstić information content (AvgIpc) is 2.76. The lowest BCUT2D eigenvalue weighted by Crippen LogP contribution is -2.19. The molecule has 0 saturated carbocycles. The van der Waals surface area contributed by atoms with Crippen molar-refractivity contribution in [3.8, 4) is 11.5 Å².